The number of amides is 1. The molecule has 1 aromatic carbocycles. The lowest BCUT2D eigenvalue weighted by Crippen LogP contribution is -2.37. The van der Waals surface area contributed by atoms with Gasteiger partial charge in [0.15, 0.2) is 0 Å². The molecule has 0 saturated carbocycles. The molecule has 1 amide bonds. The molecule has 7 heteroatoms. The maximum atomic E-state index is 12.7. The second-order valence-corrected chi connectivity index (χ2v) is 6.41. The Balaban J connectivity index is 1.62. The number of ether oxygens (including phenoxy) is 2. The molecule has 2 aromatic rings. The lowest BCUT2D eigenvalue weighted by molar-refractivity contribution is -0.130. The number of methoxy groups -OCH3 is 1. The molecule has 0 spiro atoms. The monoisotopic (exact) mass is 357 g/mol. The summed E-state index contributed by atoms with van der Waals surface area (Å²) in [5.41, 5.74) is 1.50. The van der Waals surface area contributed by atoms with Gasteiger partial charge in [-0.15, -0.1) is 0 Å². The highest BCUT2D eigenvalue weighted by Crippen LogP contribution is 2.15. The van der Waals surface area contributed by atoms with Crippen molar-refractivity contribution < 1.29 is 14.3 Å². The molecule has 3 rings (SSSR count). The van der Waals surface area contributed by atoms with Gasteiger partial charge in [-0.2, -0.15) is 0 Å². The Kier molecular flexibility index (Phi) is 6.01. The standard InChI is InChI=1S/C19H23N3O4/c1-25-17-4-2-14(3-5-17)9-19(24)22-6-7-26-12-15(11-22)8-16-10-18(23)21-13-20-16/h2-5,10,13,15H,6-9,11-12H2,1H3,(H,20,21,23). The fraction of sp³-hybridized carbons (Fsp3) is 0.421. The molecule has 0 aliphatic carbocycles. The summed E-state index contributed by atoms with van der Waals surface area (Å²) in [6.07, 6.45) is 2.36. The van der Waals surface area contributed by atoms with Crippen LogP contribution in [-0.2, 0) is 22.4 Å². The van der Waals surface area contributed by atoms with Crippen LogP contribution in [0.15, 0.2) is 41.5 Å². The Bertz CT molecular complexity index is 788. The van der Waals surface area contributed by atoms with E-state index in [0.717, 1.165) is 11.3 Å². The predicted octanol–water partition coefficient (Wildman–Crippen LogP) is 1.04. The summed E-state index contributed by atoms with van der Waals surface area (Å²) >= 11 is 0. The zero-order chi connectivity index (χ0) is 18.4. The molecule has 1 aliphatic rings. The second-order valence-electron chi connectivity index (χ2n) is 6.41. The van der Waals surface area contributed by atoms with Gasteiger partial charge in [0, 0.05) is 30.8 Å². The van der Waals surface area contributed by atoms with Crippen LogP contribution >= 0.6 is 0 Å². The van der Waals surface area contributed by atoms with Crippen molar-refractivity contribution in [1.82, 2.24) is 14.9 Å². The van der Waals surface area contributed by atoms with Crippen molar-refractivity contribution in [2.75, 3.05) is 33.4 Å². The van der Waals surface area contributed by atoms with E-state index in [0.29, 0.717) is 44.8 Å². The molecule has 26 heavy (non-hydrogen) atoms. The molecular weight excluding hydrogens is 334 g/mol. The van der Waals surface area contributed by atoms with Crippen molar-refractivity contribution in [3.63, 3.8) is 0 Å². The normalized spacial score (nSPS) is 17.6. The van der Waals surface area contributed by atoms with Crippen molar-refractivity contribution in [3.05, 3.63) is 58.3 Å². The molecule has 2 heterocycles. The Labute approximate surface area is 152 Å². The number of H-pyrrole nitrogens is 1. The number of benzene rings is 1. The summed E-state index contributed by atoms with van der Waals surface area (Å²) in [6, 6.07) is 9.02. The van der Waals surface area contributed by atoms with E-state index in [1.54, 1.807) is 7.11 Å². The fourth-order valence-electron chi connectivity index (χ4n) is 3.08. The largest absolute Gasteiger partial charge is 0.497 e. The van der Waals surface area contributed by atoms with Crippen LogP contribution in [0, 0.1) is 5.92 Å². The molecule has 1 aliphatic heterocycles. The average Bonchev–Trinajstić information content (AvgIpc) is 2.88. The third-order valence-corrected chi connectivity index (χ3v) is 4.44. The molecule has 7 nitrogen and oxygen atoms in total. The summed E-state index contributed by atoms with van der Waals surface area (Å²) in [7, 11) is 1.62. The summed E-state index contributed by atoms with van der Waals surface area (Å²) in [4.78, 5) is 32.7. The Morgan fingerprint density at radius 1 is 1.38 bits per heavy atom. The van der Waals surface area contributed by atoms with Gasteiger partial charge < -0.3 is 19.4 Å². The van der Waals surface area contributed by atoms with Gasteiger partial charge in [-0.05, 0) is 24.1 Å². The smallest absolute Gasteiger partial charge is 0.250 e. The average molecular weight is 357 g/mol. The molecule has 1 atom stereocenters. The van der Waals surface area contributed by atoms with Gasteiger partial charge in [0.05, 0.1) is 33.1 Å². The van der Waals surface area contributed by atoms with E-state index in [1.165, 1.54) is 12.4 Å². The molecule has 1 fully saturated rings. The van der Waals surface area contributed by atoms with Gasteiger partial charge in [0.2, 0.25) is 5.91 Å². The number of rotatable bonds is 5. The lowest BCUT2D eigenvalue weighted by atomic mass is 10.0. The number of hydrogen-bond donors (Lipinski definition) is 1. The summed E-state index contributed by atoms with van der Waals surface area (Å²) in [5, 5.41) is 0. The summed E-state index contributed by atoms with van der Waals surface area (Å²) in [5.74, 6) is 0.964. The van der Waals surface area contributed by atoms with Crippen LogP contribution in [0.1, 0.15) is 11.3 Å². The van der Waals surface area contributed by atoms with E-state index < -0.39 is 0 Å². The number of nitrogens with zero attached hydrogens (tertiary/aromatic N) is 2. The highest BCUT2D eigenvalue weighted by Gasteiger charge is 2.23. The number of aromatic amines is 1. The van der Waals surface area contributed by atoms with Crippen LogP contribution in [0.3, 0.4) is 0 Å². The zero-order valence-electron chi connectivity index (χ0n) is 14.8. The first-order chi connectivity index (χ1) is 12.6. The van der Waals surface area contributed by atoms with Gasteiger partial charge in [-0.1, -0.05) is 12.1 Å². The maximum absolute atomic E-state index is 12.7. The zero-order valence-corrected chi connectivity index (χ0v) is 14.8. The first-order valence-electron chi connectivity index (χ1n) is 8.66. The van der Waals surface area contributed by atoms with E-state index in [4.69, 9.17) is 9.47 Å². The highest BCUT2D eigenvalue weighted by molar-refractivity contribution is 5.78. The second kappa shape index (κ2) is 8.62. The number of hydrogen-bond acceptors (Lipinski definition) is 5. The van der Waals surface area contributed by atoms with Crippen LogP contribution in [0.5, 0.6) is 5.75 Å². The first-order valence-corrected chi connectivity index (χ1v) is 8.66. The van der Waals surface area contributed by atoms with Gasteiger partial charge in [0.25, 0.3) is 5.56 Å². The van der Waals surface area contributed by atoms with Crippen molar-refractivity contribution in [2.45, 2.75) is 12.8 Å². The van der Waals surface area contributed by atoms with Crippen molar-refractivity contribution in [1.29, 1.82) is 0 Å². The van der Waals surface area contributed by atoms with Crippen LogP contribution in [0.2, 0.25) is 0 Å². The lowest BCUT2D eigenvalue weighted by Gasteiger charge is -2.23. The van der Waals surface area contributed by atoms with Crippen molar-refractivity contribution in [3.8, 4) is 5.75 Å². The number of aromatic nitrogens is 2. The van der Waals surface area contributed by atoms with E-state index in [-0.39, 0.29) is 17.4 Å². The van der Waals surface area contributed by atoms with Gasteiger partial charge in [-0.3, -0.25) is 9.59 Å². The van der Waals surface area contributed by atoms with Crippen LogP contribution in [-0.4, -0.2) is 54.2 Å². The van der Waals surface area contributed by atoms with Crippen molar-refractivity contribution in [2.24, 2.45) is 5.92 Å². The SMILES string of the molecule is COc1ccc(CC(=O)N2CCOCC(Cc3cc(=O)[nH]cn3)C2)cc1. The molecule has 1 N–H and O–H groups in total. The van der Waals surface area contributed by atoms with E-state index >= 15 is 0 Å². The molecule has 0 bridgehead atoms. The third kappa shape index (κ3) is 4.92. The maximum Gasteiger partial charge on any atom is 0.250 e. The number of carbonyl (C=O) groups excluding carboxylic acids is 1. The van der Waals surface area contributed by atoms with Crippen LogP contribution < -0.4 is 10.3 Å². The Hall–Kier alpha value is -2.67. The minimum atomic E-state index is -0.169. The summed E-state index contributed by atoms with van der Waals surface area (Å²) in [6.45, 7) is 2.26. The number of nitrogens with one attached hydrogen (secondary N) is 1. The van der Waals surface area contributed by atoms with E-state index in [1.807, 2.05) is 29.2 Å². The molecule has 1 aromatic heterocycles. The third-order valence-electron chi connectivity index (χ3n) is 4.44. The first kappa shape index (κ1) is 18.1. The molecular formula is C19H23N3O4. The highest BCUT2D eigenvalue weighted by atomic mass is 16.5. The van der Waals surface area contributed by atoms with Crippen molar-refractivity contribution >= 4 is 5.91 Å². The molecule has 1 unspecified atom stereocenters. The Morgan fingerprint density at radius 2 is 2.19 bits per heavy atom. The topological polar surface area (TPSA) is 84.5 Å². The Morgan fingerprint density at radius 3 is 2.92 bits per heavy atom. The van der Waals surface area contributed by atoms with E-state index in [9.17, 15) is 9.59 Å². The van der Waals surface area contributed by atoms with Gasteiger partial charge in [0.1, 0.15) is 5.75 Å². The molecule has 1 saturated heterocycles. The predicted molar refractivity (Wildman–Crippen MR) is 96.1 cm³/mol. The van der Waals surface area contributed by atoms with Gasteiger partial charge in [-0.25, -0.2) is 4.98 Å². The number of carbonyl (C=O) groups is 1. The molecule has 0 radical (unpaired) electrons. The van der Waals surface area contributed by atoms with Gasteiger partial charge >= 0.3 is 0 Å². The minimum absolute atomic E-state index is 0.0736. The van der Waals surface area contributed by atoms with Crippen LogP contribution in [0.4, 0.5) is 0 Å². The fourth-order valence-corrected chi connectivity index (χ4v) is 3.08. The minimum Gasteiger partial charge on any atom is -0.497 e. The molecule has 138 valence electrons. The van der Waals surface area contributed by atoms with Crippen LogP contribution in [0.25, 0.3) is 0 Å². The quantitative estimate of drug-likeness (QED) is 0.864. The van der Waals surface area contributed by atoms with E-state index in [2.05, 4.69) is 9.97 Å². The summed E-state index contributed by atoms with van der Waals surface area (Å²) < 4.78 is 10.8.